The van der Waals surface area contributed by atoms with Crippen molar-refractivity contribution in [2.24, 2.45) is 0 Å². The zero-order chi connectivity index (χ0) is 15.2. The minimum Gasteiger partial charge on any atom is -0.296 e. The molecule has 2 aromatic heterocycles. The Labute approximate surface area is 133 Å². The van der Waals surface area contributed by atoms with E-state index < -0.39 is 0 Å². The van der Waals surface area contributed by atoms with Crippen LogP contribution in [0.1, 0.15) is 6.42 Å². The SMILES string of the molecule is C#CCN(C(=O)CCS)c1cn(-c2cccnc2)nc1Cl. The number of hydrogen-bond donors (Lipinski definition) is 1. The normalized spacial score (nSPS) is 10.1. The molecule has 0 radical (unpaired) electrons. The molecule has 0 aromatic carbocycles. The summed E-state index contributed by atoms with van der Waals surface area (Å²) in [6, 6.07) is 3.62. The molecule has 2 rings (SSSR count). The lowest BCUT2D eigenvalue weighted by atomic mass is 10.3. The van der Waals surface area contributed by atoms with Crippen molar-refractivity contribution in [3.05, 3.63) is 35.9 Å². The number of amides is 1. The van der Waals surface area contributed by atoms with Gasteiger partial charge in [0.25, 0.3) is 0 Å². The predicted molar refractivity (Wildman–Crippen MR) is 86.0 cm³/mol. The fourth-order valence-corrected chi connectivity index (χ4v) is 2.20. The molecule has 0 saturated heterocycles. The van der Waals surface area contributed by atoms with E-state index in [2.05, 4.69) is 28.6 Å². The third kappa shape index (κ3) is 3.57. The van der Waals surface area contributed by atoms with Crippen molar-refractivity contribution < 1.29 is 4.79 Å². The molecular formula is C14H13ClN4OS. The summed E-state index contributed by atoms with van der Waals surface area (Å²) >= 11 is 10.2. The number of nitrogens with zero attached hydrogens (tertiary/aromatic N) is 4. The molecular weight excluding hydrogens is 308 g/mol. The van der Waals surface area contributed by atoms with Crippen LogP contribution in [0.2, 0.25) is 5.15 Å². The van der Waals surface area contributed by atoms with Gasteiger partial charge < -0.3 is 0 Å². The van der Waals surface area contributed by atoms with Gasteiger partial charge in [0.05, 0.1) is 24.6 Å². The second kappa shape index (κ2) is 7.16. The first-order valence-corrected chi connectivity index (χ1v) is 7.18. The van der Waals surface area contributed by atoms with Crippen LogP contribution in [-0.4, -0.2) is 33.0 Å². The van der Waals surface area contributed by atoms with Crippen LogP contribution in [0.25, 0.3) is 5.69 Å². The van der Waals surface area contributed by atoms with Crippen LogP contribution in [0, 0.1) is 12.3 Å². The summed E-state index contributed by atoms with van der Waals surface area (Å²) in [6.45, 7) is 0.130. The van der Waals surface area contributed by atoms with E-state index in [1.165, 1.54) is 4.90 Å². The Morgan fingerprint density at radius 2 is 2.38 bits per heavy atom. The average Bonchev–Trinajstić information content (AvgIpc) is 2.87. The molecule has 0 fully saturated rings. The monoisotopic (exact) mass is 320 g/mol. The number of aromatic nitrogens is 3. The molecule has 1 amide bonds. The fourth-order valence-electron chi connectivity index (χ4n) is 1.78. The lowest BCUT2D eigenvalue weighted by molar-refractivity contribution is -0.118. The Kier molecular flexibility index (Phi) is 5.26. The maximum atomic E-state index is 12.1. The van der Waals surface area contributed by atoms with Gasteiger partial charge in [0.15, 0.2) is 5.15 Å². The molecule has 0 saturated carbocycles. The zero-order valence-electron chi connectivity index (χ0n) is 11.1. The number of carbonyl (C=O) groups is 1. The maximum absolute atomic E-state index is 12.1. The van der Waals surface area contributed by atoms with Gasteiger partial charge >= 0.3 is 0 Å². The van der Waals surface area contributed by atoms with Crippen molar-refractivity contribution in [1.82, 2.24) is 14.8 Å². The van der Waals surface area contributed by atoms with E-state index in [9.17, 15) is 4.79 Å². The molecule has 0 aliphatic heterocycles. The first-order chi connectivity index (χ1) is 10.2. The van der Waals surface area contributed by atoms with Crippen LogP contribution in [0.15, 0.2) is 30.7 Å². The van der Waals surface area contributed by atoms with Gasteiger partial charge in [-0.25, -0.2) is 4.68 Å². The van der Waals surface area contributed by atoms with E-state index in [0.29, 0.717) is 11.4 Å². The van der Waals surface area contributed by atoms with E-state index >= 15 is 0 Å². The van der Waals surface area contributed by atoms with Crippen molar-refractivity contribution in [1.29, 1.82) is 0 Å². The Hall–Kier alpha value is -1.97. The maximum Gasteiger partial charge on any atom is 0.228 e. The van der Waals surface area contributed by atoms with Crippen LogP contribution in [-0.2, 0) is 4.79 Å². The van der Waals surface area contributed by atoms with Gasteiger partial charge in [-0.05, 0) is 17.9 Å². The molecule has 7 heteroatoms. The van der Waals surface area contributed by atoms with Crippen LogP contribution in [0.5, 0.6) is 0 Å². The molecule has 21 heavy (non-hydrogen) atoms. The van der Waals surface area contributed by atoms with Crippen molar-refractivity contribution >= 4 is 35.8 Å². The highest BCUT2D eigenvalue weighted by atomic mass is 35.5. The summed E-state index contributed by atoms with van der Waals surface area (Å²) in [5.74, 6) is 2.75. The number of hydrogen-bond acceptors (Lipinski definition) is 4. The predicted octanol–water partition coefficient (Wildman–Crippen LogP) is 2.21. The van der Waals surface area contributed by atoms with Gasteiger partial charge in [-0.2, -0.15) is 17.7 Å². The average molecular weight is 321 g/mol. The molecule has 0 atom stereocenters. The Bertz CT molecular complexity index is 665. The van der Waals surface area contributed by atoms with Crippen LogP contribution >= 0.6 is 24.2 Å². The van der Waals surface area contributed by atoms with Crippen LogP contribution < -0.4 is 4.90 Å². The van der Waals surface area contributed by atoms with Gasteiger partial charge in [0.2, 0.25) is 5.91 Å². The molecule has 0 N–H and O–H groups in total. The van der Waals surface area contributed by atoms with Gasteiger partial charge in [-0.3, -0.25) is 14.7 Å². The van der Waals surface area contributed by atoms with E-state index in [4.69, 9.17) is 18.0 Å². The molecule has 108 valence electrons. The summed E-state index contributed by atoms with van der Waals surface area (Å²) in [4.78, 5) is 17.6. The van der Waals surface area contributed by atoms with Gasteiger partial charge in [0, 0.05) is 12.6 Å². The fraction of sp³-hybridized carbons (Fsp3) is 0.214. The molecule has 0 aliphatic carbocycles. The topological polar surface area (TPSA) is 51.0 Å². The molecule has 0 bridgehead atoms. The quantitative estimate of drug-likeness (QED) is 0.679. The number of rotatable bonds is 5. The number of carbonyl (C=O) groups excluding carboxylic acids is 1. The lowest BCUT2D eigenvalue weighted by Crippen LogP contribution is -2.31. The van der Waals surface area contributed by atoms with Crippen molar-refractivity contribution in [3.8, 4) is 18.0 Å². The number of anilines is 1. The van der Waals surface area contributed by atoms with E-state index in [-0.39, 0.29) is 24.0 Å². The third-order valence-corrected chi connectivity index (χ3v) is 3.22. The molecule has 0 unspecified atom stereocenters. The summed E-state index contributed by atoms with van der Waals surface area (Å²) in [6.07, 6.45) is 10.6. The Balaban J connectivity index is 2.36. The second-order valence-electron chi connectivity index (χ2n) is 4.12. The summed E-state index contributed by atoms with van der Waals surface area (Å²) < 4.78 is 1.56. The smallest absolute Gasteiger partial charge is 0.228 e. The minimum atomic E-state index is -0.143. The van der Waals surface area contributed by atoms with Crippen molar-refractivity contribution in [3.63, 3.8) is 0 Å². The van der Waals surface area contributed by atoms with Gasteiger partial charge in [0.1, 0.15) is 5.69 Å². The second-order valence-corrected chi connectivity index (χ2v) is 4.92. The van der Waals surface area contributed by atoms with Gasteiger partial charge in [-0.1, -0.05) is 17.5 Å². The highest BCUT2D eigenvalue weighted by molar-refractivity contribution is 7.80. The van der Waals surface area contributed by atoms with Crippen LogP contribution in [0.3, 0.4) is 0 Å². The lowest BCUT2D eigenvalue weighted by Gasteiger charge is -2.18. The highest BCUT2D eigenvalue weighted by Crippen LogP contribution is 2.26. The number of pyridine rings is 1. The summed E-state index contributed by atoms with van der Waals surface area (Å²) in [5, 5.41) is 4.40. The first-order valence-electron chi connectivity index (χ1n) is 6.17. The Morgan fingerprint density at radius 3 is 3.00 bits per heavy atom. The van der Waals surface area contributed by atoms with Crippen LogP contribution in [0.4, 0.5) is 5.69 Å². The summed E-state index contributed by atoms with van der Waals surface area (Å²) in [7, 11) is 0. The van der Waals surface area contributed by atoms with E-state index in [1.54, 1.807) is 29.3 Å². The minimum absolute atomic E-state index is 0.130. The van der Waals surface area contributed by atoms with E-state index in [0.717, 1.165) is 5.69 Å². The molecule has 0 spiro atoms. The number of thiol groups is 1. The molecule has 2 heterocycles. The van der Waals surface area contributed by atoms with E-state index in [1.807, 2.05) is 6.07 Å². The number of terminal acetylenes is 1. The molecule has 2 aromatic rings. The standard InChI is InChI=1S/C14H13ClN4OS/c1-2-7-18(13(20)5-8-21)12-10-19(17-14(12)15)11-4-3-6-16-9-11/h1,3-4,6,9-10,21H,5,7-8H2. The molecule has 5 nitrogen and oxygen atoms in total. The summed E-state index contributed by atoms with van der Waals surface area (Å²) in [5.41, 5.74) is 1.22. The third-order valence-electron chi connectivity index (χ3n) is 2.73. The first kappa shape index (κ1) is 15.4. The largest absolute Gasteiger partial charge is 0.296 e. The van der Waals surface area contributed by atoms with Crippen molar-refractivity contribution in [2.75, 3.05) is 17.2 Å². The highest BCUT2D eigenvalue weighted by Gasteiger charge is 2.20. The Morgan fingerprint density at radius 1 is 1.57 bits per heavy atom. The zero-order valence-corrected chi connectivity index (χ0v) is 12.8. The molecule has 0 aliphatic rings. The number of halogens is 1. The van der Waals surface area contributed by atoms with Crippen molar-refractivity contribution in [2.45, 2.75) is 6.42 Å². The van der Waals surface area contributed by atoms with Gasteiger partial charge in [-0.15, -0.1) is 6.42 Å².